The summed E-state index contributed by atoms with van der Waals surface area (Å²) >= 11 is 0. The minimum absolute atomic E-state index is 0.178. The Balaban J connectivity index is 3.19. The average molecular weight is 113 g/mol. The summed E-state index contributed by atoms with van der Waals surface area (Å²) in [6, 6.07) is 3.20. The molecular weight excluding hydrogens is 105 g/mol. The van der Waals surface area contributed by atoms with Crippen LogP contribution < -0.4 is 0 Å². The summed E-state index contributed by atoms with van der Waals surface area (Å²) < 4.78 is 13.8. The Morgan fingerprint density at radius 1 is 1.50 bits per heavy atom. The number of hydrogen-bond acceptors (Lipinski definition) is 0. The van der Waals surface area contributed by atoms with E-state index in [4.69, 9.17) is 0 Å². The molecule has 0 unspecified atom stereocenters. The van der Waals surface area contributed by atoms with E-state index in [2.05, 4.69) is 0 Å². The number of aromatic nitrogens is 1. The molecule has 0 bridgehead atoms. The van der Waals surface area contributed by atoms with Gasteiger partial charge in [-0.3, -0.25) is 0 Å². The molecule has 0 amide bonds. The SMILES string of the molecule is Cc1ccc(F)n1C. The van der Waals surface area contributed by atoms with Crippen molar-refractivity contribution in [3.63, 3.8) is 0 Å². The van der Waals surface area contributed by atoms with E-state index in [1.807, 2.05) is 6.92 Å². The molecule has 44 valence electrons. The summed E-state index contributed by atoms with van der Waals surface area (Å²) in [5, 5.41) is 0. The second-order valence-electron chi connectivity index (χ2n) is 1.86. The quantitative estimate of drug-likeness (QED) is 0.480. The summed E-state index contributed by atoms with van der Waals surface area (Å²) in [5.41, 5.74) is 0.947. The lowest BCUT2D eigenvalue weighted by Gasteiger charge is -1.92. The van der Waals surface area contributed by atoms with Gasteiger partial charge in [0.05, 0.1) is 0 Å². The largest absolute Gasteiger partial charge is 0.325 e. The van der Waals surface area contributed by atoms with Crippen molar-refractivity contribution in [3.8, 4) is 0 Å². The van der Waals surface area contributed by atoms with Crippen molar-refractivity contribution in [2.24, 2.45) is 7.05 Å². The van der Waals surface area contributed by atoms with Gasteiger partial charge in [0.15, 0.2) is 5.95 Å². The van der Waals surface area contributed by atoms with E-state index in [1.165, 1.54) is 10.6 Å². The van der Waals surface area contributed by atoms with E-state index in [0.29, 0.717) is 0 Å². The lowest BCUT2D eigenvalue weighted by molar-refractivity contribution is 0.530. The normalized spacial score (nSPS) is 9.88. The first-order chi connectivity index (χ1) is 3.72. The van der Waals surface area contributed by atoms with Crippen LogP contribution >= 0.6 is 0 Å². The maximum absolute atomic E-state index is 12.3. The monoisotopic (exact) mass is 113 g/mol. The number of rotatable bonds is 0. The van der Waals surface area contributed by atoms with Gasteiger partial charge in [-0.15, -0.1) is 0 Å². The highest BCUT2D eigenvalue weighted by Crippen LogP contribution is 2.01. The molecule has 8 heavy (non-hydrogen) atoms. The zero-order valence-electron chi connectivity index (χ0n) is 4.98. The van der Waals surface area contributed by atoms with Crippen LogP contribution in [0.2, 0.25) is 0 Å². The van der Waals surface area contributed by atoms with E-state index >= 15 is 0 Å². The molecule has 1 rings (SSSR count). The summed E-state index contributed by atoms with van der Waals surface area (Å²) in [5.74, 6) is -0.178. The lowest BCUT2D eigenvalue weighted by atomic mass is 10.5. The molecule has 0 fully saturated rings. The molecule has 0 aliphatic rings. The van der Waals surface area contributed by atoms with Gasteiger partial charge < -0.3 is 4.57 Å². The van der Waals surface area contributed by atoms with E-state index < -0.39 is 0 Å². The Labute approximate surface area is 47.7 Å². The van der Waals surface area contributed by atoms with Crippen molar-refractivity contribution in [2.75, 3.05) is 0 Å². The zero-order valence-corrected chi connectivity index (χ0v) is 4.98. The highest BCUT2D eigenvalue weighted by atomic mass is 19.1. The highest BCUT2D eigenvalue weighted by molar-refractivity contribution is 5.05. The predicted octanol–water partition coefficient (Wildman–Crippen LogP) is 1.47. The second kappa shape index (κ2) is 1.62. The number of hydrogen-bond donors (Lipinski definition) is 0. The summed E-state index contributed by atoms with van der Waals surface area (Å²) in [7, 11) is 1.70. The minimum atomic E-state index is -0.178. The van der Waals surface area contributed by atoms with Crippen molar-refractivity contribution in [3.05, 3.63) is 23.8 Å². The van der Waals surface area contributed by atoms with Gasteiger partial charge in [0.1, 0.15) is 0 Å². The molecule has 0 atom stereocenters. The van der Waals surface area contributed by atoms with Crippen LogP contribution in [-0.4, -0.2) is 4.57 Å². The molecule has 0 aromatic carbocycles. The van der Waals surface area contributed by atoms with Crippen LogP contribution in [0.3, 0.4) is 0 Å². The maximum Gasteiger partial charge on any atom is 0.193 e. The first-order valence-electron chi connectivity index (χ1n) is 2.49. The minimum Gasteiger partial charge on any atom is -0.325 e. The molecule has 1 aromatic rings. The van der Waals surface area contributed by atoms with Gasteiger partial charge in [-0.25, -0.2) is 0 Å². The van der Waals surface area contributed by atoms with Crippen molar-refractivity contribution < 1.29 is 4.39 Å². The third kappa shape index (κ3) is 0.619. The van der Waals surface area contributed by atoms with Crippen molar-refractivity contribution in [2.45, 2.75) is 6.92 Å². The molecule has 0 aliphatic heterocycles. The van der Waals surface area contributed by atoms with Crippen LogP contribution in [0.25, 0.3) is 0 Å². The summed E-state index contributed by atoms with van der Waals surface area (Å²) in [6.07, 6.45) is 0. The van der Waals surface area contributed by atoms with Crippen LogP contribution in [0.1, 0.15) is 5.69 Å². The van der Waals surface area contributed by atoms with Gasteiger partial charge >= 0.3 is 0 Å². The standard InChI is InChI=1S/C6H8FN/c1-5-3-4-6(7)8(5)2/h3-4H,1-2H3. The fourth-order valence-corrected chi connectivity index (χ4v) is 0.581. The molecule has 0 N–H and O–H groups in total. The molecule has 0 saturated heterocycles. The van der Waals surface area contributed by atoms with Gasteiger partial charge in [-0.05, 0) is 19.1 Å². The smallest absolute Gasteiger partial charge is 0.193 e. The van der Waals surface area contributed by atoms with Crippen LogP contribution in [-0.2, 0) is 7.05 Å². The molecular formula is C6H8FN. The Morgan fingerprint density at radius 2 is 2.12 bits per heavy atom. The lowest BCUT2D eigenvalue weighted by Crippen LogP contribution is -1.92. The predicted molar refractivity (Wildman–Crippen MR) is 30.1 cm³/mol. The van der Waals surface area contributed by atoms with E-state index in [1.54, 1.807) is 13.1 Å². The molecule has 1 aromatic heterocycles. The third-order valence-corrected chi connectivity index (χ3v) is 1.31. The van der Waals surface area contributed by atoms with Crippen molar-refractivity contribution in [1.82, 2.24) is 4.57 Å². The van der Waals surface area contributed by atoms with Crippen LogP contribution in [0.5, 0.6) is 0 Å². The topological polar surface area (TPSA) is 4.93 Å². The first-order valence-corrected chi connectivity index (χ1v) is 2.49. The van der Waals surface area contributed by atoms with E-state index in [0.717, 1.165) is 5.69 Å². The zero-order chi connectivity index (χ0) is 6.15. The Hall–Kier alpha value is -0.790. The number of nitrogens with zero attached hydrogens (tertiary/aromatic N) is 1. The summed E-state index contributed by atoms with van der Waals surface area (Å²) in [4.78, 5) is 0. The van der Waals surface area contributed by atoms with Crippen molar-refractivity contribution in [1.29, 1.82) is 0 Å². The van der Waals surface area contributed by atoms with E-state index in [9.17, 15) is 4.39 Å². The van der Waals surface area contributed by atoms with Crippen LogP contribution in [0.15, 0.2) is 12.1 Å². The van der Waals surface area contributed by atoms with E-state index in [-0.39, 0.29) is 5.95 Å². The number of halogens is 1. The number of aryl methyl sites for hydroxylation is 1. The Morgan fingerprint density at radius 3 is 2.25 bits per heavy atom. The Kier molecular flexibility index (Phi) is 1.08. The van der Waals surface area contributed by atoms with Crippen LogP contribution in [0.4, 0.5) is 4.39 Å². The molecule has 2 heteroatoms. The fraction of sp³-hybridized carbons (Fsp3) is 0.333. The Bertz CT molecular complexity index is 171. The average Bonchev–Trinajstić information content (AvgIpc) is 1.98. The maximum atomic E-state index is 12.3. The van der Waals surface area contributed by atoms with Gasteiger partial charge in [-0.1, -0.05) is 0 Å². The van der Waals surface area contributed by atoms with Gasteiger partial charge in [-0.2, -0.15) is 4.39 Å². The molecule has 0 aliphatic carbocycles. The van der Waals surface area contributed by atoms with Gasteiger partial charge in [0.2, 0.25) is 0 Å². The molecule has 0 radical (unpaired) electrons. The van der Waals surface area contributed by atoms with Crippen LogP contribution in [0, 0.1) is 12.9 Å². The molecule has 0 saturated carbocycles. The first kappa shape index (κ1) is 5.35. The third-order valence-electron chi connectivity index (χ3n) is 1.31. The highest BCUT2D eigenvalue weighted by Gasteiger charge is 1.95. The molecule has 1 heterocycles. The fourth-order valence-electron chi connectivity index (χ4n) is 0.581. The molecule has 0 spiro atoms. The summed E-state index contributed by atoms with van der Waals surface area (Å²) in [6.45, 7) is 1.86. The van der Waals surface area contributed by atoms with Crippen molar-refractivity contribution >= 4 is 0 Å². The molecule has 1 nitrogen and oxygen atoms in total. The van der Waals surface area contributed by atoms with Gasteiger partial charge in [0.25, 0.3) is 0 Å². The van der Waals surface area contributed by atoms with Gasteiger partial charge in [0, 0.05) is 12.7 Å². The second-order valence-corrected chi connectivity index (χ2v) is 1.86.